The van der Waals surface area contributed by atoms with Gasteiger partial charge in [0.05, 0.1) is 5.56 Å². The number of carbonyl (C=O) groups is 1. The lowest BCUT2D eigenvalue weighted by Crippen LogP contribution is -2.26. The number of nitrogens with zero attached hydrogens (tertiary/aromatic N) is 2. The quantitative estimate of drug-likeness (QED) is 0.456. The van der Waals surface area contributed by atoms with Crippen LogP contribution in [-0.2, 0) is 6.61 Å². The van der Waals surface area contributed by atoms with Gasteiger partial charge in [0.2, 0.25) is 11.7 Å². The first-order valence-electron chi connectivity index (χ1n) is 9.02. The first-order valence-corrected chi connectivity index (χ1v) is 10.0. The summed E-state index contributed by atoms with van der Waals surface area (Å²) >= 11 is 1.72. The third-order valence-electron chi connectivity index (χ3n) is 4.19. The van der Waals surface area contributed by atoms with Gasteiger partial charge in [0, 0.05) is 24.1 Å². The summed E-state index contributed by atoms with van der Waals surface area (Å²) in [6, 6.07) is 13.5. The van der Waals surface area contributed by atoms with E-state index < -0.39 is 0 Å². The van der Waals surface area contributed by atoms with E-state index in [4.69, 9.17) is 9.26 Å². The molecule has 1 heterocycles. The maximum atomic E-state index is 12.5. The fourth-order valence-corrected chi connectivity index (χ4v) is 3.42. The molecular weight excluding hydrogens is 374 g/mol. The summed E-state index contributed by atoms with van der Waals surface area (Å²) in [7, 11) is 0. The predicted molar refractivity (Wildman–Crippen MR) is 109 cm³/mol. The lowest BCUT2D eigenvalue weighted by atomic mass is 10.1. The van der Waals surface area contributed by atoms with Crippen molar-refractivity contribution < 1.29 is 14.1 Å². The van der Waals surface area contributed by atoms with Crippen LogP contribution in [0.2, 0.25) is 0 Å². The third-order valence-corrected chi connectivity index (χ3v) is 5.19. The number of hydrogen-bond donors (Lipinski definition) is 1. The molecule has 28 heavy (non-hydrogen) atoms. The Balaban J connectivity index is 1.51. The largest absolute Gasteiger partial charge is 0.485 e. The Morgan fingerprint density at radius 2 is 1.96 bits per heavy atom. The van der Waals surface area contributed by atoms with Gasteiger partial charge in [-0.2, -0.15) is 4.98 Å². The van der Waals surface area contributed by atoms with Gasteiger partial charge in [-0.1, -0.05) is 23.4 Å². The molecule has 0 aliphatic rings. The second-order valence-electron chi connectivity index (χ2n) is 6.36. The molecule has 3 rings (SSSR count). The minimum atomic E-state index is -0.166. The highest BCUT2D eigenvalue weighted by atomic mass is 32.2. The number of benzene rings is 2. The van der Waals surface area contributed by atoms with Gasteiger partial charge in [0.1, 0.15) is 5.75 Å². The summed E-state index contributed by atoms with van der Waals surface area (Å²) in [5.74, 6) is 2.03. The van der Waals surface area contributed by atoms with E-state index in [1.165, 1.54) is 16.0 Å². The minimum Gasteiger partial charge on any atom is -0.485 e. The average molecular weight is 398 g/mol. The van der Waals surface area contributed by atoms with Crippen molar-refractivity contribution in [2.75, 3.05) is 12.3 Å². The van der Waals surface area contributed by atoms with Crippen LogP contribution in [0.15, 0.2) is 51.9 Å². The predicted octanol–water partition coefficient (Wildman–Crippen LogP) is 4.10. The van der Waals surface area contributed by atoms with Crippen LogP contribution in [0.5, 0.6) is 5.75 Å². The number of hydrogen-bond acceptors (Lipinski definition) is 6. The summed E-state index contributed by atoms with van der Waals surface area (Å²) < 4.78 is 10.6. The molecule has 0 atom stereocenters. The van der Waals surface area contributed by atoms with E-state index in [1.54, 1.807) is 30.8 Å². The van der Waals surface area contributed by atoms with Crippen molar-refractivity contribution in [3.05, 3.63) is 70.9 Å². The summed E-state index contributed by atoms with van der Waals surface area (Å²) in [6.45, 7) is 6.63. The molecule has 7 heteroatoms. The topological polar surface area (TPSA) is 77.2 Å². The highest BCUT2D eigenvalue weighted by molar-refractivity contribution is 7.99. The van der Waals surface area contributed by atoms with Crippen LogP contribution in [0.4, 0.5) is 0 Å². The van der Waals surface area contributed by atoms with E-state index in [-0.39, 0.29) is 12.5 Å². The maximum Gasteiger partial charge on any atom is 0.255 e. The molecule has 0 radical (unpaired) electrons. The van der Waals surface area contributed by atoms with Crippen molar-refractivity contribution in [2.24, 2.45) is 0 Å². The van der Waals surface area contributed by atoms with Crippen molar-refractivity contribution in [1.29, 1.82) is 0 Å². The minimum absolute atomic E-state index is 0.143. The highest BCUT2D eigenvalue weighted by Gasteiger charge is 2.13. The number of ether oxygens (including phenoxy) is 1. The summed E-state index contributed by atoms with van der Waals surface area (Å²) in [4.78, 5) is 17.8. The highest BCUT2D eigenvalue weighted by Crippen LogP contribution is 2.21. The molecule has 1 amide bonds. The van der Waals surface area contributed by atoms with E-state index in [1.807, 2.05) is 12.1 Å². The van der Waals surface area contributed by atoms with Crippen LogP contribution in [0, 0.1) is 20.8 Å². The van der Waals surface area contributed by atoms with Crippen molar-refractivity contribution >= 4 is 17.7 Å². The van der Waals surface area contributed by atoms with E-state index in [2.05, 4.69) is 47.5 Å². The normalized spacial score (nSPS) is 10.7. The van der Waals surface area contributed by atoms with Gasteiger partial charge < -0.3 is 14.6 Å². The molecule has 6 nitrogen and oxygen atoms in total. The zero-order valence-corrected chi connectivity index (χ0v) is 17.0. The number of nitrogens with one attached hydrogen (secondary N) is 1. The van der Waals surface area contributed by atoms with Gasteiger partial charge in [-0.25, -0.2) is 0 Å². The van der Waals surface area contributed by atoms with Crippen molar-refractivity contribution in [2.45, 2.75) is 32.3 Å². The Morgan fingerprint density at radius 3 is 2.71 bits per heavy atom. The SMILES string of the molecule is Cc1nc(COc2ccccc2C(=O)NCCSc2ccc(C)c(C)c2)no1. The Labute approximate surface area is 168 Å². The fourth-order valence-electron chi connectivity index (χ4n) is 2.55. The molecule has 0 spiro atoms. The van der Waals surface area contributed by atoms with Gasteiger partial charge >= 0.3 is 0 Å². The Hall–Kier alpha value is -2.80. The van der Waals surface area contributed by atoms with E-state index in [9.17, 15) is 4.79 Å². The Morgan fingerprint density at radius 1 is 1.14 bits per heavy atom. The van der Waals surface area contributed by atoms with Crippen LogP contribution in [0.1, 0.15) is 33.2 Å². The molecule has 0 saturated carbocycles. The molecule has 2 aromatic carbocycles. The number of aryl methyl sites for hydroxylation is 3. The first kappa shape index (κ1) is 19.9. The molecule has 0 aliphatic carbocycles. The zero-order chi connectivity index (χ0) is 19.9. The summed E-state index contributed by atoms with van der Waals surface area (Å²) in [6.07, 6.45) is 0. The van der Waals surface area contributed by atoms with Crippen molar-refractivity contribution in [1.82, 2.24) is 15.5 Å². The maximum absolute atomic E-state index is 12.5. The van der Waals surface area contributed by atoms with Gasteiger partial charge in [-0.3, -0.25) is 4.79 Å². The molecule has 3 aromatic rings. The molecule has 0 aliphatic heterocycles. The number of aromatic nitrogens is 2. The Kier molecular flexibility index (Phi) is 6.71. The van der Waals surface area contributed by atoms with Crippen LogP contribution in [0.25, 0.3) is 0 Å². The summed E-state index contributed by atoms with van der Waals surface area (Å²) in [5, 5.41) is 6.74. The van der Waals surface area contributed by atoms with Gasteiger partial charge in [0.15, 0.2) is 6.61 Å². The van der Waals surface area contributed by atoms with Crippen LogP contribution < -0.4 is 10.1 Å². The molecule has 0 fully saturated rings. The standard InChI is InChI=1S/C21H23N3O3S/c1-14-8-9-17(12-15(14)2)28-11-10-22-21(25)18-6-4-5-7-19(18)26-13-20-23-16(3)27-24-20/h4-9,12H,10-11,13H2,1-3H3,(H,22,25). The van der Waals surface area contributed by atoms with Crippen molar-refractivity contribution in [3.8, 4) is 5.75 Å². The lowest BCUT2D eigenvalue weighted by molar-refractivity contribution is 0.0951. The second-order valence-corrected chi connectivity index (χ2v) is 7.53. The first-order chi connectivity index (χ1) is 13.5. The molecule has 146 valence electrons. The number of amides is 1. The molecule has 1 aromatic heterocycles. The average Bonchev–Trinajstić information content (AvgIpc) is 3.11. The molecule has 0 bridgehead atoms. The monoisotopic (exact) mass is 397 g/mol. The number of thioether (sulfide) groups is 1. The number of rotatable bonds is 8. The van der Waals surface area contributed by atoms with Crippen LogP contribution >= 0.6 is 11.8 Å². The van der Waals surface area contributed by atoms with E-state index in [0.717, 1.165) is 5.75 Å². The van der Waals surface area contributed by atoms with Gasteiger partial charge in [0.25, 0.3) is 5.91 Å². The fraction of sp³-hybridized carbons (Fsp3) is 0.286. The zero-order valence-electron chi connectivity index (χ0n) is 16.2. The summed E-state index contributed by atoms with van der Waals surface area (Å²) in [5.41, 5.74) is 3.04. The number of para-hydroxylation sites is 1. The van der Waals surface area contributed by atoms with Crippen LogP contribution in [-0.4, -0.2) is 28.3 Å². The van der Waals surface area contributed by atoms with Gasteiger partial charge in [-0.05, 0) is 49.2 Å². The number of carbonyl (C=O) groups excluding carboxylic acids is 1. The van der Waals surface area contributed by atoms with E-state index >= 15 is 0 Å². The van der Waals surface area contributed by atoms with E-state index in [0.29, 0.717) is 29.6 Å². The molecule has 0 unspecified atom stereocenters. The molecule has 0 saturated heterocycles. The molecule has 1 N–H and O–H groups in total. The van der Waals surface area contributed by atoms with Crippen molar-refractivity contribution in [3.63, 3.8) is 0 Å². The smallest absolute Gasteiger partial charge is 0.255 e. The lowest BCUT2D eigenvalue weighted by Gasteiger charge is -2.11. The van der Waals surface area contributed by atoms with Crippen LogP contribution in [0.3, 0.4) is 0 Å². The second kappa shape index (κ2) is 9.41. The third kappa shape index (κ3) is 5.36. The van der Waals surface area contributed by atoms with Gasteiger partial charge in [-0.15, -0.1) is 11.8 Å². The molecular formula is C21H23N3O3S. The Bertz CT molecular complexity index is 956.